The molecule has 1 aromatic heterocycles. The second kappa shape index (κ2) is 7.67. The third-order valence-corrected chi connectivity index (χ3v) is 3.75. The molecule has 0 aliphatic rings. The van der Waals surface area contributed by atoms with Crippen molar-refractivity contribution >= 4 is 58.4 Å². The predicted molar refractivity (Wildman–Crippen MR) is 85.4 cm³/mol. The van der Waals surface area contributed by atoms with Gasteiger partial charge in [-0.3, -0.25) is 10.1 Å². The molecule has 0 aliphatic heterocycles. The number of primary amides is 1. The zero-order chi connectivity index (χ0) is 17.9. The fourth-order valence-corrected chi connectivity index (χ4v) is 2.11. The number of anilines is 1. The summed E-state index contributed by atoms with van der Waals surface area (Å²) in [7, 11) is 0. The largest absolute Gasteiger partial charge is 0.447 e. The van der Waals surface area contributed by atoms with Crippen LogP contribution in [0.2, 0.25) is 15.2 Å². The average molecular weight is 384 g/mol. The van der Waals surface area contributed by atoms with Crippen LogP contribution < -0.4 is 16.8 Å². The van der Waals surface area contributed by atoms with Gasteiger partial charge in [-0.25, -0.2) is 14.6 Å². The van der Waals surface area contributed by atoms with E-state index in [1.165, 1.54) is 0 Å². The number of pyridine rings is 1. The number of carbonyl (C=O) groups excluding carboxylic acids is 3. The summed E-state index contributed by atoms with van der Waals surface area (Å²) in [5, 5.41) is 1.21. The van der Waals surface area contributed by atoms with Crippen LogP contribution in [0.5, 0.6) is 0 Å². The average Bonchev–Trinajstić information content (AvgIpc) is 2.44. The molecule has 11 heteroatoms. The maximum atomic E-state index is 12.2. The van der Waals surface area contributed by atoms with Crippen LogP contribution in [0.4, 0.5) is 10.5 Å². The van der Waals surface area contributed by atoms with E-state index < -0.39 is 35.6 Å². The second-order valence-electron chi connectivity index (χ2n) is 4.72. The number of amides is 3. The highest BCUT2D eigenvalue weighted by Gasteiger charge is 2.30. The number of carbonyl (C=O) groups is 3. The van der Waals surface area contributed by atoms with Crippen molar-refractivity contribution in [3.05, 3.63) is 20.9 Å². The Morgan fingerprint density at radius 3 is 2.22 bits per heavy atom. The first-order valence-electron chi connectivity index (χ1n) is 6.17. The Hall–Kier alpha value is -1.77. The van der Waals surface area contributed by atoms with Crippen molar-refractivity contribution in [2.45, 2.75) is 20.0 Å². The van der Waals surface area contributed by atoms with Crippen molar-refractivity contribution in [1.82, 2.24) is 10.3 Å². The number of nitrogens with zero attached hydrogens (tertiary/aromatic N) is 1. The molecule has 1 unspecified atom stereocenters. The maximum Gasteiger partial charge on any atom is 0.359 e. The summed E-state index contributed by atoms with van der Waals surface area (Å²) in [4.78, 5) is 38.4. The van der Waals surface area contributed by atoms with Crippen molar-refractivity contribution in [2.24, 2.45) is 11.7 Å². The molecule has 0 fully saturated rings. The fraction of sp³-hybridized carbons (Fsp3) is 0.333. The van der Waals surface area contributed by atoms with E-state index >= 15 is 0 Å². The SMILES string of the molecule is CC(C)C(OC(=O)c1nc(Cl)c(Cl)c(N)c1Cl)C(=O)NC(N)=O. The highest BCUT2D eigenvalue weighted by Crippen LogP contribution is 2.34. The van der Waals surface area contributed by atoms with E-state index in [2.05, 4.69) is 4.98 Å². The van der Waals surface area contributed by atoms with Gasteiger partial charge in [-0.2, -0.15) is 0 Å². The minimum Gasteiger partial charge on any atom is -0.447 e. The zero-order valence-corrected chi connectivity index (χ0v) is 14.3. The molecule has 0 aliphatic carbocycles. The highest BCUT2D eigenvalue weighted by molar-refractivity contribution is 6.46. The standard InChI is InChI=1S/C12H13Cl3N4O4/c1-3(2)8(10(20)19-12(17)22)23-11(21)7-4(13)6(16)5(14)9(15)18-7/h3,8H,1-2H3,(H2,16,18)(H3,17,19,20,22). The van der Waals surface area contributed by atoms with E-state index in [9.17, 15) is 14.4 Å². The van der Waals surface area contributed by atoms with Gasteiger partial charge in [0.1, 0.15) is 5.02 Å². The number of imide groups is 1. The molecular formula is C12H13Cl3N4O4. The lowest BCUT2D eigenvalue weighted by atomic mass is 10.1. The summed E-state index contributed by atoms with van der Waals surface area (Å²) in [6, 6.07) is -1.08. The van der Waals surface area contributed by atoms with Crippen LogP contribution in [-0.4, -0.2) is 29.0 Å². The Kier molecular flexibility index (Phi) is 6.43. The topological polar surface area (TPSA) is 137 Å². The molecule has 0 spiro atoms. The van der Waals surface area contributed by atoms with E-state index in [-0.39, 0.29) is 20.9 Å². The monoisotopic (exact) mass is 382 g/mol. The third kappa shape index (κ3) is 4.60. The van der Waals surface area contributed by atoms with Crippen molar-refractivity contribution in [1.29, 1.82) is 0 Å². The number of halogens is 3. The normalized spacial score (nSPS) is 11.9. The Balaban J connectivity index is 3.10. The van der Waals surface area contributed by atoms with Crippen molar-refractivity contribution in [2.75, 3.05) is 5.73 Å². The maximum absolute atomic E-state index is 12.2. The Bertz CT molecular complexity index is 666. The first kappa shape index (κ1) is 19.3. The molecule has 0 radical (unpaired) electrons. The molecule has 0 aromatic carbocycles. The predicted octanol–water partition coefficient (Wildman–Crippen LogP) is 2.00. The number of hydrogen-bond acceptors (Lipinski definition) is 6. The molecule has 0 saturated carbocycles. The lowest BCUT2D eigenvalue weighted by Crippen LogP contribution is -2.45. The minimum atomic E-state index is -1.30. The molecular weight excluding hydrogens is 371 g/mol. The molecule has 23 heavy (non-hydrogen) atoms. The van der Waals surface area contributed by atoms with E-state index in [0.29, 0.717) is 0 Å². The molecule has 1 heterocycles. The molecule has 5 N–H and O–H groups in total. The number of hydrogen-bond donors (Lipinski definition) is 3. The van der Waals surface area contributed by atoms with Gasteiger partial charge in [0.25, 0.3) is 5.91 Å². The van der Waals surface area contributed by atoms with Gasteiger partial charge in [0.15, 0.2) is 17.0 Å². The van der Waals surface area contributed by atoms with Gasteiger partial charge in [0.05, 0.1) is 10.7 Å². The van der Waals surface area contributed by atoms with Crippen LogP contribution in [0.15, 0.2) is 0 Å². The third-order valence-electron chi connectivity index (χ3n) is 2.61. The van der Waals surface area contributed by atoms with Crippen molar-refractivity contribution in [3.8, 4) is 0 Å². The number of ether oxygens (including phenoxy) is 1. The summed E-state index contributed by atoms with van der Waals surface area (Å²) >= 11 is 17.4. The first-order valence-corrected chi connectivity index (χ1v) is 7.30. The van der Waals surface area contributed by atoms with E-state index in [0.717, 1.165) is 0 Å². The van der Waals surface area contributed by atoms with Gasteiger partial charge < -0.3 is 16.2 Å². The Morgan fingerprint density at radius 2 is 1.74 bits per heavy atom. The Labute approximate surface area is 146 Å². The number of rotatable bonds is 4. The van der Waals surface area contributed by atoms with E-state index in [1.807, 2.05) is 5.32 Å². The van der Waals surface area contributed by atoms with Crippen LogP contribution in [0, 0.1) is 5.92 Å². The van der Waals surface area contributed by atoms with Gasteiger partial charge in [-0.15, -0.1) is 0 Å². The number of nitrogen functional groups attached to an aromatic ring is 1. The van der Waals surface area contributed by atoms with Gasteiger partial charge in [0, 0.05) is 0 Å². The molecule has 0 saturated heterocycles. The van der Waals surface area contributed by atoms with Crippen molar-refractivity contribution in [3.63, 3.8) is 0 Å². The molecule has 1 aromatic rings. The van der Waals surface area contributed by atoms with Crippen molar-refractivity contribution < 1.29 is 19.1 Å². The van der Waals surface area contributed by atoms with E-state index in [4.69, 9.17) is 51.0 Å². The van der Waals surface area contributed by atoms with Gasteiger partial charge in [-0.1, -0.05) is 48.7 Å². The van der Waals surface area contributed by atoms with Crippen LogP contribution in [0.3, 0.4) is 0 Å². The van der Waals surface area contributed by atoms with Crippen LogP contribution in [-0.2, 0) is 9.53 Å². The van der Waals surface area contributed by atoms with Crippen LogP contribution in [0.1, 0.15) is 24.3 Å². The smallest absolute Gasteiger partial charge is 0.359 e. The number of nitrogens with two attached hydrogens (primary N) is 2. The molecule has 1 rings (SSSR count). The molecule has 3 amide bonds. The van der Waals surface area contributed by atoms with Crippen LogP contribution >= 0.6 is 34.8 Å². The summed E-state index contributed by atoms with van der Waals surface area (Å²) in [6.45, 7) is 3.19. The molecule has 1 atom stereocenters. The molecule has 8 nitrogen and oxygen atoms in total. The fourth-order valence-electron chi connectivity index (χ4n) is 1.52. The molecule has 0 bridgehead atoms. The summed E-state index contributed by atoms with van der Waals surface area (Å²) in [6.07, 6.45) is -1.30. The summed E-state index contributed by atoms with van der Waals surface area (Å²) in [5.41, 5.74) is 9.90. The number of nitrogens with one attached hydrogen (secondary N) is 1. The van der Waals surface area contributed by atoms with E-state index in [1.54, 1.807) is 13.8 Å². The number of aromatic nitrogens is 1. The lowest BCUT2D eigenvalue weighted by Gasteiger charge is -2.20. The summed E-state index contributed by atoms with van der Waals surface area (Å²) in [5.74, 6) is -2.40. The Morgan fingerprint density at radius 1 is 1.17 bits per heavy atom. The van der Waals surface area contributed by atoms with Gasteiger partial charge in [-0.05, 0) is 5.92 Å². The molecule has 126 valence electrons. The van der Waals surface area contributed by atoms with Gasteiger partial charge in [0.2, 0.25) is 0 Å². The van der Waals surface area contributed by atoms with Gasteiger partial charge >= 0.3 is 12.0 Å². The first-order chi connectivity index (χ1) is 10.6. The number of esters is 1. The quantitative estimate of drug-likeness (QED) is 0.537. The van der Waals surface area contributed by atoms with Crippen LogP contribution in [0.25, 0.3) is 0 Å². The number of urea groups is 1. The summed E-state index contributed by atoms with van der Waals surface area (Å²) < 4.78 is 5.03. The second-order valence-corrected chi connectivity index (χ2v) is 5.83. The highest BCUT2D eigenvalue weighted by atomic mass is 35.5. The minimum absolute atomic E-state index is 0.111. The lowest BCUT2D eigenvalue weighted by molar-refractivity contribution is -0.130. The zero-order valence-electron chi connectivity index (χ0n) is 12.0.